The molecule has 0 radical (unpaired) electrons. The molecule has 1 aliphatic rings. The minimum Gasteiger partial charge on any atom is -0.313 e. The Morgan fingerprint density at radius 1 is 1.33 bits per heavy atom. The highest BCUT2D eigenvalue weighted by Crippen LogP contribution is 2.36. The Hall–Kier alpha value is -0.960. The summed E-state index contributed by atoms with van der Waals surface area (Å²) in [4.78, 5) is 9.41. The molecule has 1 aromatic rings. The third-order valence-electron chi connectivity index (χ3n) is 3.93. The summed E-state index contributed by atoms with van der Waals surface area (Å²) in [5.41, 5.74) is 2.48. The van der Waals surface area contributed by atoms with Crippen LogP contribution in [0.3, 0.4) is 0 Å². The molecule has 1 fully saturated rings. The number of rotatable bonds is 5. The normalized spacial score (nSPS) is 23.5. The minimum atomic E-state index is 0.596. The summed E-state index contributed by atoms with van der Waals surface area (Å²) in [6.45, 7) is 8.52. The van der Waals surface area contributed by atoms with Gasteiger partial charge in [0.2, 0.25) is 0 Å². The van der Waals surface area contributed by atoms with Gasteiger partial charge in [-0.3, -0.25) is 0 Å². The minimum absolute atomic E-state index is 0.596. The fourth-order valence-corrected chi connectivity index (χ4v) is 2.81. The van der Waals surface area contributed by atoms with Crippen LogP contribution in [0.5, 0.6) is 0 Å². The van der Waals surface area contributed by atoms with Gasteiger partial charge in [0.05, 0.1) is 0 Å². The van der Waals surface area contributed by atoms with Crippen molar-refractivity contribution in [1.82, 2.24) is 15.3 Å². The van der Waals surface area contributed by atoms with Crippen LogP contribution in [-0.2, 0) is 13.0 Å². The van der Waals surface area contributed by atoms with E-state index in [1.165, 1.54) is 30.5 Å². The average molecular weight is 247 g/mol. The number of nitrogens with zero attached hydrogens (tertiary/aromatic N) is 2. The Labute approximate surface area is 110 Å². The summed E-state index contributed by atoms with van der Waals surface area (Å²) in [6, 6.07) is 0. The molecule has 2 unspecified atom stereocenters. The van der Waals surface area contributed by atoms with E-state index in [0.717, 1.165) is 31.3 Å². The first-order chi connectivity index (χ1) is 8.74. The number of aryl methyl sites for hydroxylation is 1. The zero-order chi connectivity index (χ0) is 13.0. The van der Waals surface area contributed by atoms with Crippen molar-refractivity contribution in [3.63, 3.8) is 0 Å². The highest BCUT2D eigenvalue weighted by atomic mass is 14.9. The van der Waals surface area contributed by atoms with E-state index >= 15 is 0 Å². The van der Waals surface area contributed by atoms with Gasteiger partial charge in [0.1, 0.15) is 5.82 Å². The van der Waals surface area contributed by atoms with Gasteiger partial charge in [-0.15, -0.1) is 0 Å². The van der Waals surface area contributed by atoms with Crippen LogP contribution in [0.4, 0.5) is 0 Å². The van der Waals surface area contributed by atoms with Gasteiger partial charge in [0.15, 0.2) is 0 Å². The van der Waals surface area contributed by atoms with Crippen LogP contribution in [0.2, 0.25) is 0 Å². The lowest BCUT2D eigenvalue weighted by Crippen LogP contribution is -2.15. The quantitative estimate of drug-likeness (QED) is 0.869. The zero-order valence-corrected chi connectivity index (χ0v) is 11.9. The number of hydrogen-bond acceptors (Lipinski definition) is 3. The molecule has 1 aliphatic carbocycles. The SMILES string of the molecule is CCNCc1cnc(C2CCC(C)C2)nc1CC. The molecule has 1 saturated carbocycles. The van der Waals surface area contributed by atoms with Crippen molar-refractivity contribution in [1.29, 1.82) is 0 Å². The Bertz CT molecular complexity index is 389. The molecule has 3 heteroatoms. The molecule has 1 aromatic heterocycles. The second-order valence-electron chi connectivity index (χ2n) is 5.45. The van der Waals surface area contributed by atoms with Gasteiger partial charge in [0, 0.05) is 29.9 Å². The van der Waals surface area contributed by atoms with Crippen LogP contribution in [0.25, 0.3) is 0 Å². The van der Waals surface area contributed by atoms with Gasteiger partial charge in [0.25, 0.3) is 0 Å². The maximum atomic E-state index is 4.81. The van der Waals surface area contributed by atoms with Crippen molar-refractivity contribution in [3.8, 4) is 0 Å². The third kappa shape index (κ3) is 3.08. The molecule has 1 N–H and O–H groups in total. The van der Waals surface area contributed by atoms with E-state index in [4.69, 9.17) is 4.98 Å². The van der Waals surface area contributed by atoms with E-state index < -0.39 is 0 Å². The second kappa shape index (κ2) is 6.28. The monoisotopic (exact) mass is 247 g/mol. The van der Waals surface area contributed by atoms with Gasteiger partial charge in [-0.1, -0.05) is 20.8 Å². The largest absolute Gasteiger partial charge is 0.313 e. The first kappa shape index (κ1) is 13.5. The van der Waals surface area contributed by atoms with Crippen molar-refractivity contribution < 1.29 is 0 Å². The zero-order valence-electron chi connectivity index (χ0n) is 11.9. The van der Waals surface area contributed by atoms with Crippen LogP contribution < -0.4 is 5.32 Å². The highest BCUT2D eigenvalue weighted by molar-refractivity contribution is 5.19. The van der Waals surface area contributed by atoms with Gasteiger partial charge >= 0.3 is 0 Å². The summed E-state index contributed by atoms with van der Waals surface area (Å²) in [5, 5.41) is 3.36. The molecule has 0 spiro atoms. The van der Waals surface area contributed by atoms with Gasteiger partial charge < -0.3 is 5.32 Å². The number of hydrogen-bond donors (Lipinski definition) is 1. The van der Waals surface area contributed by atoms with Crippen molar-refractivity contribution in [2.75, 3.05) is 6.54 Å². The van der Waals surface area contributed by atoms with E-state index in [0.29, 0.717) is 5.92 Å². The van der Waals surface area contributed by atoms with E-state index in [2.05, 4.69) is 31.1 Å². The maximum absolute atomic E-state index is 4.81. The van der Waals surface area contributed by atoms with Crippen LogP contribution >= 0.6 is 0 Å². The predicted molar refractivity (Wildman–Crippen MR) is 74.5 cm³/mol. The molecule has 0 aromatic carbocycles. The van der Waals surface area contributed by atoms with Gasteiger partial charge in [-0.05, 0) is 38.1 Å². The molecule has 3 nitrogen and oxygen atoms in total. The molecule has 0 amide bonds. The number of nitrogens with one attached hydrogen (secondary N) is 1. The molecule has 2 atom stereocenters. The molecular weight excluding hydrogens is 222 g/mol. The van der Waals surface area contributed by atoms with Crippen LogP contribution in [0.1, 0.15) is 63.0 Å². The summed E-state index contributed by atoms with van der Waals surface area (Å²) in [7, 11) is 0. The molecule has 18 heavy (non-hydrogen) atoms. The second-order valence-corrected chi connectivity index (χ2v) is 5.45. The Kier molecular flexibility index (Phi) is 4.70. The predicted octanol–water partition coefficient (Wildman–Crippen LogP) is 3.05. The van der Waals surface area contributed by atoms with Crippen molar-refractivity contribution in [2.24, 2.45) is 5.92 Å². The van der Waals surface area contributed by atoms with E-state index in [1.54, 1.807) is 0 Å². The van der Waals surface area contributed by atoms with Crippen molar-refractivity contribution >= 4 is 0 Å². The molecule has 100 valence electrons. The van der Waals surface area contributed by atoms with Crippen molar-refractivity contribution in [3.05, 3.63) is 23.3 Å². The highest BCUT2D eigenvalue weighted by Gasteiger charge is 2.25. The fraction of sp³-hybridized carbons (Fsp3) is 0.733. The molecular formula is C15H25N3. The van der Waals surface area contributed by atoms with E-state index in [-0.39, 0.29) is 0 Å². The van der Waals surface area contributed by atoms with E-state index in [1.807, 2.05) is 6.20 Å². The molecule has 1 heterocycles. The van der Waals surface area contributed by atoms with Crippen LogP contribution in [-0.4, -0.2) is 16.5 Å². The van der Waals surface area contributed by atoms with Crippen LogP contribution in [0.15, 0.2) is 6.20 Å². The maximum Gasteiger partial charge on any atom is 0.131 e. The summed E-state index contributed by atoms with van der Waals surface area (Å²) in [5.74, 6) is 2.51. The Morgan fingerprint density at radius 2 is 2.17 bits per heavy atom. The summed E-state index contributed by atoms with van der Waals surface area (Å²) < 4.78 is 0. The Balaban J connectivity index is 2.13. The third-order valence-corrected chi connectivity index (χ3v) is 3.93. The van der Waals surface area contributed by atoms with Crippen molar-refractivity contribution in [2.45, 2.75) is 58.9 Å². The molecule has 0 aliphatic heterocycles. The van der Waals surface area contributed by atoms with Crippen LogP contribution in [0, 0.1) is 5.92 Å². The van der Waals surface area contributed by atoms with E-state index in [9.17, 15) is 0 Å². The lowest BCUT2D eigenvalue weighted by Gasteiger charge is -2.12. The standard InChI is InChI=1S/C15H25N3/c1-4-14-13(9-16-5-2)10-17-15(18-14)12-7-6-11(3)8-12/h10-12,16H,4-9H2,1-3H3. The summed E-state index contributed by atoms with van der Waals surface area (Å²) >= 11 is 0. The topological polar surface area (TPSA) is 37.8 Å². The lowest BCUT2D eigenvalue weighted by atomic mass is 10.0. The smallest absolute Gasteiger partial charge is 0.131 e. The van der Waals surface area contributed by atoms with Gasteiger partial charge in [-0.25, -0.2) is 9.97 Å². The first-order valence-electron chi connectivity index (χ1n) is 7.30. The Morgan fingerprint density at radius 3 is 2.78 bits per heavy atom. The first-order valence-corrected chi connectivity index (χ1v) is 7.30. The fourth-order valence-electron chi connectivity index (χ4n) is 2.81. The number of aromatic nitrogens is 2. The molecule has 2 rings (SSSR count). The molecule has 0 saturated heterocycles. The van der Waals surface area contributed by atoms with Gasteiger partial charge in [-0.2, -0.15) is 0 Å². The summed E-state index contributed by atoms with van der Waals surface area (Å²) in [6.07, 6.45) is 6.88. The molecule has 0 bridgehead atoms. The average Bonchev–Trinajstić information content (AvgIpc) is 2.83. The lowest BCUT2D eigenvalue weighted by molar-refractivity contribution is 0.582.